The molecule has 98 valence electrons. The van der Waals surface area contributed by atoms with Gasteiger partial charge in [-0.3, -0.25) is 9.59 Å². The van der Waals surface area contributed by atoms with Crippen LogP contribution >= 0.6 is 11.6 Å². The van der Waals surface area contributed by atoms with Crippen LogP contribution in [0.2, 0.25) is 5.02 Å². The first-order valence-corrected chi connectivity index (χ1v) is 6.08. The lowest BCUT2D eigenvalue weighted by Crippen LogP contribution is -2.12. The normalized spacial score (nSPS) is 10.1. The van der Waals surface area contributed by atoms with Gasteiger partial charge in [0.25, 0.3) is 0 Å². The summed E-state index contributed by atoms with van der Waals surface area (Å²) >= 11 is 5.93. The largest absolute Gasteiger partial charge is 0.385 e. The molecule has 0 saturated carbocycles. The fourth-order valence-corrected chi connectivity index (χ4v) is 1.62. The maximum atomic E-state index is 11.6. The number of nitrogens with one attached hydrogen (secondary N) is 1. The Morgan fingerprint density at radius 2 is 2.22 bits per heavy atom. The van der Waals surface area contributed by atoms with Crippen molar-refractivity contribution in [3.63, 3.8) is 0 Å². The van der Waals surface area contributed by atoms with Gasteiger partial charge < -0.3 is 10.1 Å². The number of unbranched alkanes of at least 4 members (excludes halogenated alkanes) is 1. The topological polar surface area (TPSA) is 55.4 Å². The zero-order chi connectivity index (χ0) is 13.4. The van der Waals surface area contributed by atoms with Crippen molar-refractivity contribution in [3.05, 3.63) is 28.8 Å². The molecule has 0 fully saturated rings. The van der Waals surface area contributed by atoms with Crippen LogP contribution in [-0.2, 0) is 9.53 Å². The second kappa shape index (κ2) is 7.84. The lowest BCUT2D eigenvalue weighted by Gasteiger charge is -2.07. The highest BCUT2D eigenvalue weighted by atomic mass is 35.5. The van der Waals surface area contributed by atoms with E-state index in [0.717, 1.165) is 12.8 Å². The number of rotatable bonds is 7. The zero-order valence-corrected chi connectivity index (χ0v) is 11.0. The summed E-state index contributed by atoms with van der Waals surface area (Å²) in [6, 6.07) is 4.75. The summed E-state index contributed by atoms with van der Waals surface area (Å²) < 4.78 is 4.90. The van der Waals surface area contributed by atoms with Crippen molar-refractivity contribution in [2.45, 2.75) is 19.3 Å². The van der Waals surface area contributed by atoms with E-state index in [2.05, 4.69) is 5.32 Å². The first kappa shape index (κ1) is 14.7. The van der Waals surface area contributed by atoms with E-state index >= 15 is 0 Å². The van der Waals surface area contributed by atoms with Gasteiger partial charge in [-0.05, 0) is 25.0 Å². The summed E-state index contributed by atoms with van der Waals surface area (Å²) in [5.74, 6) is -0.115. The van der Waals surface area contributed by atoms with Crippen molar-refractivity contribution < 1.29 is 14.3 Å². The molecule has 1 N–H and O–H groups in total. The molecular weight excluding hydrogens is 254 g/mol. The van der Waals surface area contributed by atoms with Gasteiger partial charge in [0.05, 0.1) is 10.7 Å². The molecule has 1 aromatic rings. The van der Waals surface area contributed by atoms with E-state index in [-0.39, 0.29) is 5.91 Å². The number of hydrogen-bond donors (Lipinski definition) is 1. The van der Waals surface area contributed by atoms with Crippen molar-refractivity contribution in [2.24, 2.45) is 0 Å². The molecule has 0 radical (unpaired) electrons. The molecule has 18 heavy (non-hydrogen) atoms. The second-order valence-corrected chi connectivity index (χ2v) is 4.26. The van der Waals surface area contributed by atoms with Crippen LogP contribution in [0.25, 0.3) is 0 Å². The Bertz CT molecular complexity index is 421. The van der Waals surface area contributed by atoms with Crippen molar-refractivity contribution in [3.8, 4) is 0 Å². The summed E-state index contributed by atoms with van der Waals surface area (Å²) in [7, 11) is 1.63. The van der Waals surface area contributed by atoms with E-state index in [0.29, 0.717) is 35.6 Å². The quantitative estimate of drug-likeness (QED) is 0.612. The lowest BCUT2D eigenvalue weighted by molar-refractivity contribution is -0.116. The highest BCUT2D eigenvalue weighted by Crippen LogP contribution is 2.22. The Labute approximate surface area is 111 Å². The van der Waals surface area contributed by atoms with Crippen molar-refractivity contribution >= 4 is 29.5 Å². The summed E-state index contributed by atoms with van der Waals surface area (Å²) in [5, 5.41) is 3.11. The summed E-state index contributed by atoms with van der Waals surface area (Å²) in [5.41, 5.74) is 0.951. The van der Waals surface area contributed by atoms with E-state index in [9.17, 15) is 9.59 Å². The molecule has 0 aromatic heterocycles. The Balaban J connectivity index is 2.50. The molecule has 0 atom stereocenters. The Morgan fingerprint density at radius 1 is 1.44 bits per heavy atom. The van der Waals surface area contributed by atoms with Gasteiger partial charge in [0, 0.05) is 25.7 Å². The number of methoxy groups -OCH3 is 1. The minimum Gasteiger partial charge on any atom is -0.385 e. The molecular formula is C13H16ClNO3. The summed E-state index contributed by atoms with van der Waals surface area (Å²) in [6.07, 6.45) is 2.71. The van der Waals surface area contributed by atoms with Crippen LogP contribution in [0.4, 0.5) is 5.69 Å². The molecule has 4 nitrogen and oxygen atoms in total. The minimum absolute atomic E-state index is 0.115. The first-order valence-electron chi connectivity index (χ1n) is 5.71. The number of carbonyl (C=O) groups is 2. The molecule has 0 unspecified atom stereocenters. The second-order valence-electron chi connectivity index (χ2n) is 3.86. The Morgan fingerprint density at radius 3 is 2.89 bits per heavy atom. The molecule has 0 saturated heterocycles. The number of anilines is 1. The number of carbonyl (C=O) groups excluding carboxylic acids is 2. The lowest BCUT2D eigenvalue weighted by atomic mass is 10.2. The number of benzene rings is 1. The molecule has 1 rings (SSSR count). The third-order valence-electron chi connectivity index (χ3n) is 2.40. The van der Waals surface area contributed by atoms with E-state index in [1.165, 1.54) is 0 Å². The third kappa shape index (κ3) is 4.85. The van der Waals surface area contributed by atoms with Crippen LogP contribution in [0.3, 0.4) is 0 Å². The number of ether oxygens (including phenoxy) is 1. The fourth-order valence-electron chi connectivity index (χ4n) is 1.46. The third-order valence-corrected chi connectivity index (χ3v) is 2.73. The van der Waals surface area contributed by atoms with Crippen LogP contribution in [0.1, 0.15) is 29.6 Å². The molecule has 0 aliphatic rings. The zero-order valence-electron chi connectivity index (χ0n) is 10.2. The average Bonchev–Trinajstić information content (AvgIpc) is 2.37. The predicted molar refractivity (Wildman–Crippen MR) is 71.2 cm³/mol. The maximum Gasteiger partial charge on any atom is 0.224 e. The number of aldehydes is 1. The highest BCUT2D eigenvalue weighted by molar-refractivity contribution is 6.33. The maximum absolute atomic E-state index is 11.6. The Kier molecular flexibility index (Phi) is 6.39. The molecule has 0 heterocycles. The standard InChI is InChI=1S/C13H16ClNO3/c1-18-7-3-2-4-13(17)15-12-8-10(9-16)5-6-11(12)14/h5-6,8-9H,2-4,7H2,1H3,(H,15,17). The highest BCUT2D eigenvalue weighted by Gasteiger charge is 2.06. The van der Waals surface area contributed by atoms with Crippen LogP contribution < -0.4 is 5.32 Å². The van der Waals surface area contributed by atoms with E-state index in [1.807, 2.05) is 0 Å². The van der Waals surface area contributed by atoms with Crippen LogP contribution in [0.15, 0.2) is 18.2 Å². The molecule has 0 spiro atoms. The SMILES string of the molecule is COCCCCC(=O)Nc1cc(C=O)ccc1Cl. The molecule has 0 aliphatic carbocycles. The van der Waals surface area contributed by atoms with E-state index in [1.54, 1.807) is 25.3 Å². The number of amides is 1. The van der Waals surface area contributed by atoms with Crippen molar-refractivity contribution in [2.75, 3.05) is 19.0 Å². The van der Waals surface area contributed by atoms with Crippen molar-refractivity contribution in [1.29, 1.82) is 0 Å². The smallest absolute Gasteiger partial charge is 0.224 e. The van der Waals surface area contributed by atoms with E-state index in [4.69, 9.17) is 16.3 Å². The first-order chi connectivity index (χ1) is 8.67. The van der Waals surface area contributed by atoms with Gasteiger partial charge in [-0.15, -0.1) is 0 Å². The van der Waals surface area contributed by atoms with Gasteiger partial charge in [-0.1, -0.05) is 17.7 Å². The predicted octanol–water partition coefficient (Wildman–Crippen LogP) is 2.91. The minimum atomic E-state index is -0.115. The van der Waals surface area contributed by atoms with Gasteiger partial charge in [-0.2, -0.15) is 0 Å². The van der Waals surface area contributed by atoms with Crippen molar-refractivity contribution in [1.82, 2.24) is 0 Å². The van der Waals surface area contributed by atoms with Gasteiger partial charge in [0.1, 0.15) is 6.29 Å². The van der Waals surface area contributed by atoms with Gasteiger partial charge >= 0.3 is 0 Å². The monoisotopic (exact) mass is 269 g/mol. The van der Waals surface area contributed by atoms with Gasteiger partial charge in [0.2, 0.25) is 5.91 Å². The number of hydrogen-bond acceptors (Lipinski definition) is 3. The number of halogens is 1. The van der Waals surface area contributed by atoms with Crippen LogP contribution in [-0.4, -0.2) is 25.9 Å². The van der Waals surface area contributed by atoms with E-state index < -0.39 is 0 Å². The van der Waals surface area contributed by atoms with Gasteiger partial charge in [-0.25, -0.2) is 0 Å². The van der Waals surface area contributed by atoms with Crippen LogP contribution in [0, 0.1) is 0 Å². The van der Waals surface area contributed by atoms with Gasteiger partial charge in [0.15, 0.2) is 0 Å². The molecule has 1 amide bonds. The average molecular weight is 270 g/mol. The molecule has 1 aromatic carbocycles. The Hall–Kier alpha value is -1.39. The fraction of sp³-hybridized carbons (Fsp3) is 0.385. The summed E-state index contributed by atoms with van der Waals surface area (Å²) in [6.45, 7) is 0.647. The molecule has 0 bridgehead atoms. The van der Waals surface area contributed by atoms with Crippen LogP contribution in [0.5, 0.6) is 0 Å². The summed E-state index contributed by atoms with van der Waals surface area (Å²) in [4.78, 5) is 22.3. The molecule has 0 aliphatic heterocycles. The molecule has 5 heteroatoms.